The molecule has 2 rings (SSSR count). The molecule has 0 bridgehead atoms. The van der Waals surface area contributed by atoms with Crippen molar-refractivity contribution in [2.75, 3.05) is 0 Å². The van der Waals surface area contributed by atoms with E-state index in [2.05, 4.69) is 186 Å². The number of aliphatic hydroxyl groups excluding tert-OH is 1. The normalized spacial score (nSPS) is 22.2. The molecule has 336 valence electrons. The molecule has 0 heterocycles. The SMILES string of the molecule is CCCCC/C=C\C/C=C\CCCCCCCC(=O)O[C@@H]1CC(C)=C(/C=C/C(C)=C/C=C/C(C)=C/C=C/C=C(C)/C=C/C=C(C)/C=C/[C@H]2C(C)=C[C@H](O)CC2(C)C)C(C)(C)C1. The molecule has 3 heteroatoms. The molecule has 0 aromatic carbocycles. The minimum atomic E-state index is -0.338. The molecule has 0 amide bonds. The third-order valence-electron chi connectivity index (χ3n) is 11.9. The molecule has 3 nitrogen and oxygen atoms in total. The van der Waals surface area contributed by atoms with E-state index >= 15 is 0 Å². The first-order valence-electron chi connectivity index (χ1n) is 23.7. The summed E-state index contributed by atoms with van der Waals surface area (Å²) in [7, 11) is 0. The zero-order valence-corrected chi connectivity index (χ0v) is 40.6. The fourth-order valence-corrected chi connectivity index (χ4v) is 8.52. The lowest BCUT2D eigenvalue weighted by atomic mass is 9.67. The van der Waals surface area contributed by atoms with Crippen molar-refractivity contribution in [3.8, 4) is 0 Å². The monoisotopic (exact) mass is 831 g/mol. The Labute approximate surface area is 375 Å². The Morgan fingerprint density at radius 3 is 1.84 bits per heavy atom. The van der Waals surface area contributed by atoms with E-state index in [0.717, 1.165) is 44.9 Å². The van der Waals surface area contributed by atoms with Crippen molar-refractivity contribution in [2.45, 2.75) is 185 Å². The van der Waals surface area contributed by atoms with Crippen LogP contribution in [0, 0.1) is 16.7 Å². The summed E-state index contributed by atoms with van der Waals surface area (Å²) in [6.07, 6.45) is 56.9. The van der Waals surface area contributed by atoms with Crippen LogP contribution in [0.4, 0.5) is 0 Å². The van der Waals surface area contributed by atoms with Gasteiger partial charge in [0.15, 0.2) is 0 Å². The van der Waals surface area contributed by atoms with Crippen LogP contribution in [0.3, 0.4) is 0 Å². The van der Waals surface area contributed by atoms with Crippen LogP contribution in [0.1, 0.15) is 172 Å². The van der Waals surface area contributed by atoms with E-state index in [0.29, 0.717) is 12.3 Å². The van der Waals surface area contributed by atoms with Crippen LogP contribution in [0.2, 0.25) is 0 Å². The predicted octanol–water partition coefficient (Wildman–Crippen LogP) is 16.8. The number of unbranched alkanes of at least 4 members (excludes halogenated alkanes) is 8. The van der Waals surface area contributed by atoms with E-state index in [1.165, 1.54) is 84.0 Å². The van der Waals surface area contributed by atoms with Gasteiger partial charge in [-0.15, -0.1) is 0 Å². The first-order chi connectivity index (χ1) is 29.0. The van der Waals surface area contributed by atoms with Crippen LogP contribution >= 0.6 is 0 Å². The molecular formula is C58H86O3. The van der Waals surface area contributed by atoms with Crippen LogP contribution in [0.15, 0.2) is 154 Å². The number of carbonyl (C=O) groups excluding carboxylic acids is 1. The van der Waals surface area contributed by atoms with Crippen molar-refractivity contribution < 1.29 is 14.6 Å². The topological polar surface area (TPSA) is 46.5 Å². The lowest BCUT2D eigenvalue weighted by Gasteiger charge is -2.38. The first kappa shape index (κ1) is 53.2. The third-order valence-corrected chi connectivity index (χ3v) is 11.9. The van der Waals surface area contributed by atoms with E-state index < -0.39 is 0 Å². The lowest BCUT2D eigenvalue weighted by molar-refractivity contribution is -0.150. The number of hydrogen-bond acceptors (Lipinski definition) is 3. The quantitative estimate of drug-likeness (QED) is 0.0431. The van der Waals surface area contributed by atoms with Crippen LogP contribution in [0.25, 0.3) is 0 Å². The van der Waals surface area contributed by atoms with Gasteiger partial charge in [0.25, 0.3) is 0 Å². The van der Waals surface area contributed by atoms with E-state index in [1.54, 1.807) is 0 Å². The molecule has 0 unspecified atom stereocenters. The van der Waals surface area contributed by atoms with Gasteiger partial charge in [0.2, 0.25) is 0 Å². The molecule has 3 atom stereocenters. The molecule has 2 aliphatic carbocycles. The fourth-order valence-electron chi connectivity index (χ4n) is 8.52. The van der Waals surface area contributed by atoms with Gasteiger partial charge in [0.05, 0.1) is 6.10 Å². The highest BCUT2D eigenvalue weighted by atomic mass is 16.5. The van der Waals surface area contributed by atoms with Crippen molar-refractivity contribution in [3.05, 3.63) is 154 Å². The first-order valence-corrected chi connectivity index (χ1v) is 23.7. The maximum Gasteiger partial charge on any atom is 0.306 e. The molecule has 0 fully saturated rings. The fraction of sp³-hybridized carbons (Fsp3) is 0.534. The van der Waals surface area contributed by atoms with Gasteiger partial charge in [-0.25, -0.2) is 0 Å². The molecule has 0 aliphatic heterocycles. The number of hydrogen-bond donors (Lipinski definition) is 1. The third kappa shape index (κ3) is 23.2. The summed E-state index contributed by atoms with van der Waals surface area (Å²) in [4.78, 5) is 12.7. The molecule has 61 heavy (non-hydrogen) atoms. The van der Waals surface area contributed by atoms with Gasteiger partial charge in [0.1, 0.15) is 6.10 Å². The Morgan fingerprint density at radius 2 is 1.25 bits per heavy atom. The molecule has 1 N–H and O–H groups in total. The van der Waals surface area contributed by atoms with Crippen LogP contribution in [0.5, 0.6) is 0 Å². The summed E-state index contributed by atoms with van der Waals surface area (Å²) in [6, 6.07) is 0. The Morgan fingerprint density at radius 1 is 0.705 bits per heavy atom. The van der Waals surface area contributed by atoms with E-state index in [1.807, 2.05) is 6.08 Å². The smallest absolute Gasteiger partial charge is 0.306 e. The zero-order chi connectivity index (χ0) is 45.1. The van der Waals surface area contributed by atoms with Gasteiger partial charge >= 0.3 is 5.97 Å². The Balaban J connectivity index is 1.75. The molecule has 2 aliphatic rings. The van der Waals surface area contributed by atoms with E-state index in [9.17, 15) is 9.90 Å². The van der Waals surface area contributed by atoms with Crippen LogP contribution < -0.4 is 0 Å². The van der Waals surface area contributed by atoms with E-state index in [-0.39, 0.29) is 29.0 Å². The van der Waals surface area contributed by atoms with Crippen molar-refractivity contribution >= 4 is 5.97 Å². The van der Waals surface area contributed by atoms with Gasteiger partial charge in [-0.1, -0.05) is 216 Å². The molecule has 0 saturated carbocycles. The molecular weight excluding hydrogens is 745 g/mol. The Hall–Kier alpha value is -3.95. The van der Waals surface area contributed by atoms with Crippen LogP contribution in [-0.2, 0) is 9.53 Å². The largest absolute Gasteiger partial charge is 0.462 e. The zero-order valence-electron chi connectivity index (χ0n) is 40.6. The summed E-state index contributed by atoms with van der Waals surface area (Å²) in [5.41, 5.74) is 8.65. The number of ether oxygens (including phenoxy) is 1. The average Bonchev–Trinajstić information content (AvgIpc) is 3.16. The predicted molar refractivity (Wildman–Crippen MR) is 267 cm³/mol. The number of allylic oxidation sites excluding steroid dienone is 24. The minimum absolute atomic E-state index is 0.0404. The van der Waals surface area contributed by atoms with Crippen molar-refractivity contribution in [3.63, 3.8) is 0 Å². The molecule has 0 aromatic heterocycles. The molecule has 0 aromatic rings. The second-order valence-electron chi connectivity index (χ2n) is 19.2. The summed E-state index contributed by atoms with van der Waals surface area (Å²) in [6.45, 7) is 24.1. The summed E-state index contributed by atoms with van der Waals surface area (Å²) < 4.78 is 6.01. The van der Waals surface area contributed by atoms with Gasteiger partial charge in [-0.2, -0.15) is 0 Å². The maximum absolute atomic E-state index is 12.7. The van der Waals surface area contributed by atoms with Gasteiger partial charge < -0.3 is 9.84 Å². The Bertz CT molecular complexity index is 1750. The second kappa shape index (κ2) is 29.4. The number of esters is 1. The minimum Gasteiger partial charge on any atom is -0.462 e. The van der Waals surface area contributed by atoms with Gasteiger partial charge in [0, 0.05) is 18.8 Å². The summed E-state index contributed by atoms with van der Waals surface area (Å²) >= 11 is 0. The van der Waals surface area contributed by atoms with Crippen molar-refractivity contribution in [1.82, 2.24) is 0 Å². The van der Waals surface area contributed by atoms with Crippen molar-refractivity contribution in [1.29, 1.82) is 0 Å². The average molecular weight is 831 g/mol. The maximum atomic E-state index is 12.7. The lowest BCUT2D eigenvalue weighted by Crippen LogP contribution is -2.32. The van der Waals surface area contributed by atoms with Crippen LogP contribution in [-0.4, -0.2) is 23.3 Å². The summed E-state index contributed by atoms with van der Waals surface area (Å²) in [5.74, 6) is 0.299. The highest BCUT2D eigenvalue weighted by Gasteiger charge is 2.35. The number of rotatable bonds is 25. The Kier molecular flexibility index (Phi) is 25.6. The van der Waals surface area contributed by atoms with E-state index in [4.69, 9.17) is 4.74 Å². The number of aliphatic hydroxyl groups is 1. The van der Waals surface area contributed by atoms with Gasteiger partial charge in [-0.3, -0.25) is 4.79 Å². The number of carbonyl (C=O) groups is 1. The standard InChI is InChI=1S/C58H86O3/c1-12-13-14-15-16-17-18-19-20-21-22-23-24-25-26-37-56(60)61-53-43-51(7)55(58(10,11)45-53)41-39-49(5)36-30-34-47(3)32-28-27-31-46(2)33-29-35-48(4)38-40-54-50(6)42-52(59)44-57(54,8)9/h16-17,19-20,27-36,38-42,52-54,59H,12-15,18,21-26,37,43-45H2,1-11H3/b17-16-,20-19-,28-27+,33-29+,34-30+,40-38+,41-39+,46-31+,47-32+,48-35+,49-36+/t52-,53+,54-/m0/s1. The molecule has 0 spiro atoms. The van der Waals surface area contributed by atoms with Crippen molar-refractivity contribution in [2.24, 2.45) is 16.7 Å². The molecule has 0 radical (unpaired) electrons. The summed E-state index contributed by atoms with van der Waals surface area (Å²) in [5, 5.41) is 10.1. The molecule has 0 saturated heterocycles. The second-order valence-corrected chi connectivity index (χ2v) is 19.2. The van der Waals surface area contributed by atoms with Gasteiger partial charge in [-0.05, 0) is 109 Å². The highest BCUT2D eigenvalue weighted by molar-refractivity contribution is 5.69. The highest BCUT2D eigenvalue weighted by Crippen LogP contribution is 2.43.